The summed E-state index contributed by atoms with van der Waals surface area (Å²) in [5.74, 6) is -0.141. The van der Waals surface area contributed by atoms with Crippen LogP contribution in [0.25, 0.3) is 0 Å². The SMILES string of the molecule is CCn1ncc(Cn2cc(NC(=O)Cn3nc(C)c(Br)c3C)cn2)c1C. The van der Waals surface area contributed by atoms with Crippen LogP contribution in [0.3, 0.4) is 0 Å². The predicted molar refractivity (Wildman–Crippen MR) is 102 cm³/mol. The van der Waals surface area contributed by atoms with Crippen molar-refractivity contribution in [2.45, 2.75) is 47.3 Å². The van der Waals surface area contributed by atoms with Gasteiger partial charge in [-0.25, -0.2) is 0 Å². The summed E-state index contributed by atoms with van der Waals surface area (Å²) in [6.45, 7) is 9.55. The van der Waals surface area contributed by atoms with Gasteiger partial charge in [-0.05, 0) is 43.6 Å². The summed E-state index contributed by atoms with van der Waals surface area (Å²) >= 11 is 3.47. The molecule has 9 heteroatoms. The molecular formula is C17H22BrN7O. The molecule has 0 unspecified atom stereocenters. The Morgan fingerprint density at radius 3 is 2.54 bits per heavy atom. The zero-order valence-corrected chi connectivity index (χ0v) is 16.9. The lowest BCUT2D eigenvalue weighted by Crippen LogP contribution is -2.20. The summed E-state index contributed by atoms with van der Waals surface area (Å²) in [5, 5.41) is 15.9. The number of hydrogen-bond acceptors (Lipinski definition) is 4. The lowest BCUT2D eigenvalue weighted by atomic mass is 10.2. The molecule has 1 N–H and O–H groups in total. The third kappa shape index (κ3) is 3.72. The van der Waals surface area contributed by atoms with Crippen LogP contribution in [0.15, 0.2) is 23.1 Å². The smallest absolute Gasteiger partial charge is 0.246 e. The standard InChI is InChI=1S/C17H22BrN7O/c1-5-24-12(3)14(6-20-24)8-23-9-15(7-19-23)21-16(26)10-25-13(4)17(18)11(2)22-25/h6-7,9H,5,8,10H2,1-4H3,(H,21,26). The maximum absolute atomic E-state index is 12.3. The van der Waals surface area contributed by atoms with Crippen molar-refractivity contribution < 1.29 is 4.79 Å². The number of anilines is 1. The van der Waals surface area contributed by atoms with E-state index in [1.807, 2.05) is 37.8 Å². The summed E-state index contributed by atoms with van der Waals surface area (Å²) in [7, 11) is 0. The second-order valence-electron chi connectivity index (χ2n) is 6.19. The Hall–Kier alpha value is -2.42. The lowest BCUT2D eigenvalue weighted by Gasteiger charge is -2.05. The van der Waals surface area contributed by atoms with Crippen molar-refractivity contribution in [2.24, 2.45) is 0 Å². The van der Waals surface area contributed by atoms with Gasteiger partial charge in [0, 0.05) is 24.0 Å². The number of hydrogen-bond donors (Lipinski definition) is 1. The second kappa shape index (κ2) is 7.45. The molecule has 0 saturated carbocycles. The van der Waals surface area contributed by atoms with Gasteiger partial charge in [0.1, 0.15) is 6.54 Å². The summed E-state index contributed by atoms with van der Waals surface area (Å²) in [6, 6.07) is 0. The molecule has 0 atom stereocenters. The van der Waals surface area contributed by atoms with Gasteiger partial charge in [-0.15, -0.1) is 0 Å². The highest BCUT2D eigenvalue weighted by Gasteiger charge is 2.13. The highest BCUT2D eigenvalue weighted by Crippen LogP contribution is 2.19. The van der Waals surface area contributed by atoms with Gasteiger partial charge in [0.2, 0.25) is 5.91 Å². The fraction of sp³-hybridized carbons (Fsp3) is 0.412. The van der Waals surface area contributed by atoms with Gasteiger partial charge in [0.25, 0.3) is 0 Å². The maximum atomic E-state index is 12.3. The fourth-order valence-electron chi connectivity index (χ4n) is 2.81. The first kappa shape index (κ1) is 18.4. The molecule has 0 aliphatic carbocycles. The van der Waals surface area contributed by atoms with E-state index in [0.717, 1.165) is 33.7 Å². The van der Waals surface area contributed by atoms with Gasteiger partial charge in [-0.2, -0.15) is 15.3 Å². The van der Waals surface area contributed by atoms with Crippen molar-refractivity contribution in [3.8, 4) is 0 Å². The van der Waals surface area contributed by atoms with E-state index < -0.39 is 0 Å². The number of nitrogens with zero attached hydrogens (tertiary/aromatic N) is 6. The fourth-order valence-corrected chi connectivity index (χ4v) is 3.10. The molecule has 3 rings (SSSR count). The highest BCUT2D eigenvalue weighted by atomic mass is 79.9. The lowest BCUT2D eigenvalue weighted by molar-refractivity contribution is -0.116. The molecule has 3 aromatic heterocycles. The van der Waals surface area contributed by atoms with Gasteiger partial charge in [-0.3, -0.25) is 18.8 Å². The third-order valence-electron chi connectivity index (χ3n) is 4.34. The highest BCUT2D eigenvalue weighted by molar-refractivity contribution is 9.10. The van der Waals surface area contributed by atoms with Crippen LogP contribution in [0.5, 0.6) is 0 Å². The summed E-state index contributed by atoms with van der Waals surface area (Å²) in [6.07, 6.45) is 5.33. The number of aryl methyl sites for hydroxylation is 2. The minimum Gasteiger partial charge on any atom is -0.322 e. The predicted octanol–water partition coefficient (Wildman–Crippen LogP) is 2.67. The molecule has 26 heavy (non-hydrogen) atoms. The Labute approximate surface area is 160 Å². The van der Waals surface area contributed by atoms with E-state index in [1.165, 1.54) is 0 Å². The average Bonchev–Trinajstić information content (AvgIpc) is 3.25. The Morgan fingerprint density at radius 2 is 1.92 bits per heavy atom. The number of carbonyl (C=O) groups is 1. The van der Waals surface area contributed by atoms with E-state index in [-0.39, 0.29) is 12.5 Å². The van der Waals surface area contributed by atoms with Crippen molar-refractivity contribution >= 4 is 27.5 Å². The Kier molecular flexibility index (Phi) is 5.26. The zero-order chi connectivity index (χ0) is 18.8. The van der Waals surface area contributed by atoms with Gasteiger partial charge >= 0.3 is 0 Å². The quantitative estimate of drug-likeness (QED) is 0.665. The summed E-state index contributed by atoms with van der Waals surface area (Å²) in [4.78, 5) is 12.3. The topological polar surface area (TPSA) is 82.6 Å². The van der Waals surface area contributed by atoms with Gasteiger partial charge in [0.15, 0.2) is 0 Å². The third-order valence-corrected chi connectivity index (χ3v) is 5.49. The number of rotatable bonds is 6. The largest absolute Gasteiger partial charge is 0.322 e. The molecule has 3 aromatic rings. The second-order valence-corrected chi connectivity index (χ2v) is 6.98. The number of halogens is 1. The van der Waals surface area contributed by atoms with E-state index >= 15 is 0 Å². The van der Waals surface area contributed by atoms with Crippen LogP contribution >= 0.6 is 15.9 Å². The Bertz CT molecular complexity index is 937. The number of amides is 1. The molecule has 0 saturated heterocycles. The maximum Gasteiger partial charge on any atom is 0.246 e. The molecule has 0 aliphatic heterocycles. The Balaban J connectivity index is 1.63. The molecular weight excluding hydrogens is 398 g/mol. The van der Waals surface area contributed by atoms with Crippen molar-refractivity contribution in [1.29, 1.82) is 0 Å². The van der Waals surface area contributed by atoms with Gasteiger partial charge in [-0.1, -0.05) is 0 Å². The van der Waals surface area contributed by atoms with Crippen LogP contribution in [-0.4, -0.2) is 35.2 Å². The molecule has 1 amide bonds. The molecule has 0 spiro atoms. The van der Waals surface area contributed by atoms with Crippen LogP contribution in [0.2, 0.25) is 0 Å². The van der Waals surface area contributed by atoms with E-state index in [0.29, 0.717) is 12.2 Å². The molecule has 0 aliphatic rings. The zero-order valence-electron chi connectivity index (χ0n) is 15.3. The van der Waals surface area contributed by atoms with E-state index in [2.05, 4.69) is 43.5 Å². The molecule has 0 radical (unpaired) electrons. The van der Waals surface area contributed by atoms with Crippen molar-refractivity contribution in [3.05, 3.63) is 45.7 Å². The molecule has 0 fully saturated rings. The van der Waals surface area contributed by atoms with Crippen molar-refractivity contribution in [2.75, 3.05) is 5.32 Å². The Morgan fingerprint density at radius 1 is 1.15 bits per heavy atom. The van der Waals surface area contributed by atoms with E-state index in [4.69, 9.17) is 0 Å². The molecule has 3 heterocycles. The summed E-state index contributed by atoms with van der Waals surface area (Å²) < 4.78 is 6.36. The average molecular weight is 420 g/mol. The minimum absolute atomic E-state index is 0.141. The normalized spacial score (nSPS) is 11.1. The molecule has 8 nitrogen and oxygen atoms in total. The molecule has 0 aromatic carbocycles. The number of carbonyl (C=O) groups excluding carboxylic acids is 1. The molecule has 0 bridgehead atoms. The van der Waals surface area contributed by atoms with Crippen LogP contribution in [0.1, 0.15) is 29.6 Å². The van der Waals surface area contributed by atoms with Crippen LogP contribution in [0.4, 0.5) is 5.69 Å². The number of aromatic nitrogens is 6. The first-order valence-electron chi connectivity index (χ1n) is 8.42. The van der Waals surface area contributed by atoms with Crippen molar-refractivity contribution in [3.63, 3.8) is 0 Å². The summed E-state index contributed by atoms with van der Waals surface area (Å²) in [5.41, 5.74) is 4.70. The van der Waals surface area contributed by atoms with Crippen LogP contribution in [0, 0.1) is 20.8 Å². The van der Waals surface area contributed by atoms with Gasteiger partial charge < -0.3 is 5.32 Å². The first-order chi connectivity index (χ1) is 12.4. The monoisotopic (exact) mass is 419 g/mol. The minimum atomic E-state index is -0.141. The van der Waals surface area contributed by atoms with E-state index in [1.54, 1.807) is 15.6 Å². The van der Waals surface area contributed by atoms with Crippen molar-refractivity contribution in [1.82, 2.24) is 29.3 Å². The van der Waals surface area contributed by atoms with Crippen LogP contribution < -0.4 is 5.32 Å². The van der Waals surface area contributed by atoms with E-state index in [9.17, 15) is 4.79 Å². The number of nitrogens with one attached hydrogen (secondary N) is 1. The molecule has 138 valence electrons. The first-order valence-corrected chi connectivity index (χ1v) is 9.21. The van der Waals surface area contributed by atoms with Crippen LogP contribution in [-0.2, 0) is 24.4 Å². The van der Waals surface area contributed by atoms with Gasteiger partial charge in [0.05, 0.1) is 40.5 Å².